The number of rotatable bonds is 5. The van der Waals surface area contributed by atoms with Crippen molar-refractivity contribution in [3.05, 3.63) is 86.4 Å². The molecule has 1 unspecified atom stereocenters. The fourth-order valence-electron chi connectivity index (χ4n) is 4.62. The Labute approximate surface area is 195 Å². The molecule has 33 heavy (non-hydrogen) atoms. The lowest BCUT2D eigenvalue weighted by molar-refractivity contribution is -0.132. The van der Waals surface area contributed by atoms with E-state index in [1.54, 1.807) is 12.1 Å². The van der Waals surface area contributed by atoms with Gasteiger partial charge in [0, 0.05) is 37.1 Å². The molecule has 2 aromatic heterocycles. The van der Waals surface area contributed by atoms with Crippen LogP contribution in [0, 0.1) is 6.92 Å². The van der Waals surface area contributed by atoms with Crippen molar-refractivity contribution in [3.8, 4) is 0 Å². The van der Waals surface area contributed by atoms with Gasteiger partial charge in [0.15, 0.2) is 0 Å². The van der Waals surface area contributed by atoms with Crippen LogP contribution in [0.1, 0.15) is 60.4 Å². The molecule has 2 aliphatic rings. The minimum absolute atomic E-state index is 0.00998. The number of carbonyl (C=O) groups is 3. The highest BCUT2D eigenvalue weighted by Crippen LogP contribution is 2.30. The van der Waals surface area contributed by atoms with Crippen molar-refractivity contribution >= 4 is 29.1 Å². The van der Waals surface area contributed by atoms with Crippen molar-refractivity contribution in [3.63, 3.8) is 0 Å². The first kappa shape index (κ1) is 21.3. The molecule has 168 valence electrons. The first-order chi connectivity index (χ1) is 16.0. The summed E-state index contributed by atoms with van der Waals surface area (Å²) >= 11 is 1.41. The van der Waals surface area contributed by atoms with Gasteiger partial charge in [-0.2, -0.15) is 0 Å². The van der Waals surface area contributed by atoms with Crippen molar-refractivity contribution in [1.29, 1.82) is 0 Å². The van der Waals surface area contributed by atoms with Crippen LogP contribution in [0.25, 0.3) is 0 Å². The standard InChI is InChI=1S/C25H24N4O3S/c1-15-20(13-27-25(32)22-7-4-10-33-22)17-8-9-29(14-16(17)12-26-15)23(30)11-21-18-5-2-3-6-19(18)24(31)28-21/h2-7,10,12,21H,8-9,11,13-14H2,1H3,(H,27,32)(H,28,31). The molecule has 3 amide bonds. The quantitative estimate of drug-likeness (QED) is 0.612. The Kier molecular flexibility index (Phi) is 5.68. The van der Waals surface area contributed by atoms with Gasteiger partial charge in [-0.05, 0) is 53.1 Å². The topological polar surface area (TPSA) is 91.4 Å². The van der Waals surface area contributed by atoms with Crippen LogP contribution < -0.4 is 10.6 Å². The van der Waals surface area contributed by atoms with E-state index in [9.17, 15) is 14.4 Å². The molecule has 2 aliphatic heterocycles. The third kappa shape index (κ3) is 4.14. The highest BCUT2D eigenvalue weighted by atomic mass is 32.1. The monoisotopic (exact) mass is 460 g/mol. The summed E-state index contributed by atoms with van der Waals surface area (Å²) in [6.07, 6.45) is 2.78. The lowest BCUT2D eigenvalue weighted by Gasteiger charge is -2.31. The van der Waals surface area contributed by atoms with Crippen LogP contribution in [0.3, 0.4) is 0 Å². The summed E-state index contributed by atoms with van der Waals surface area (Å²) in [5.41, 5.74) is 5.63. The summed E-state index contributed by atoms with van der Waals surface area (Å²) in [5, 5.41) is 7.81. The molecule has 0 bridgehead atoms. The van der Waals surface area contributed by atoms with E-state index in [-0.39, 0.29) is 30.2 Å². The third-order valence-corrected chi connectivity index (χ3v) is 7.25. The predicted molar refractivity (Wildman–Crippen MR) is 125 cm³/mol. The maximum Gasteiger partial charge on any atom is 0.261 e. The average molecular weight is 461 g/mol. The molecule has 1 aromatic carbocycles. The summed E-state index contributed by atoms with van der Waals surface area (Å²) < 4.78 is 0. The Bertz CT molecular complexity index is 1240. The van der Waals surface area contributed by atoms with Gasteiger partial charge in [-0.25, -0.2) is 0 Å². The molecule has 1 atom stereocenters. The smallest absolute Gasteiger partial charge is 0.261 e. The molecule has 0 saturated carbocycles. The van der Waals surface area contributed by atoms with Gasteiger partial charge in [0.05, 0.1) is 17.3 Å². The first-order valence-corrected chi connectivity index (χ1v) is 11.8. The number of aromatic nitrogens is 1. The van der Waals surface area contributed by atoms with E-state index in [1.807, 2.05) is 47.7 Å². The first-order valence-electron chi connectivity index (χ1n) is 11.0. The molecule has 3 aromatic rings. The second-order valence-electron chi connectivity index (χ2n) is 8.37. The zero-order valence-electron chi connectivity index (χ0n) is 18.3. The highest BCUT2D eigenvalue weighted by Gasteiger charge is 2.32. The summed E-state index contributed by atoms with van der Waals surface area (Å²) in [5.74, 6) is -0.203. The molecule has 7 nitrogen and oxygen atoms in total. The summed E-state index contributed by atoms with van der Waals surface area (Å²) in [6, 6.07) is 10.8. The largest absolute Gasteiger partial charge is 0.347 e. The average Bonchev–Trinajstić information content (AvgIpc) is 3.47. The molecule has 0 spiro atoms. The Balaban J connectivity index is 1.27. The van der Waals surface area contributed by atoms with E-state index >= 15 is 0 Å². The van der Waals surface area contributed by atoms with Crippen LogP contribution in [0.15, 0.2) is 48.0 Å². The fourth-order valence-corrected chi connectivity index (χ4v) is 5.26. The van der Waals surface area contributed by atoms with Gasteiger partial charge in [0.1, 0.15) is 0 Å². The fraction of sp³-hybridized carbons (Fsp3) is 0.280. The van der Waals surface area contributed by atoms with Crippen molar-refractivity contribution in [2.45, 2.75) is 38.9 Å². The van der Waals surface area contributed by atoms with Gasteiger partial charge in [-0.15, -0.1) is 11.3 Å². The van der Waals surface area contributed by atoms with Gasteiger partial charge in [-0.1, -0.05) is 24.3 Å². The number of aryl methyl sites for hydroxylation is 1. The number of thiophene rings is 1. The van der Waals surface area contributed by atoms with Crippen molar-refractivity contribution in [2.24, 2.45) is 0 Å². The van der Waals surface area contributed by atoms with E-state index < -0.39 is 0 Å². The Morgan fingerprint density at radius 1 is 1.24 bits per heavy atom. The minimum atomic E-state index is -0.290. The normalized spacial score (nSPS) is 16.7. The predicted octanol–water partition coefficient (Wildman–Crippen LogP) is 3.14. The summed E-state index contributed by atoms with van der Waals surface area (Å²) in [6.45, 7) is 3.45. The van der Waals surface area contributed by atoms with E-state index in [4.69, 9.17) is 0 Å². The third-order valence-electron chi connectivity index (χ3n) is 6.38. The molecular weight excluding hydrogens is 436 g/mol. The Hall–Kier alpha value is -3.52. The van der Waals surface area contributed by atoms with Gasteiger partial charge >= 0.3 is 0 Å². The number of hydrogen-bond acceptors (Lipinski definition) is 5. The van der Waals surface area contributed by atoms with E-state index in [1.165, 1.54) is 11.3 Å². The molecule has 0 fully saturated rings. The minimum Gasteiger partial charge on any atom is -0.347 e. The number of carbonyl (C=O) groups excluding carboxylic acids is 3. The lowest BCUT2D eigenvalue weighted by atomic mass is 9.94. The number of benzene rings is 1. The Morgan fingerprint density at radius 3 is 2.91 bits per heavy atom. The van der Waals surface area contributed by atoms with Crippen LogP contribution in [-0.2, 0) is 24.3 Å². The molecule has 8 heteroatoms. The van der Waals surface area contributed by atoms with E-state index in [0.717, 1.165) is 27.9 Å². The van der Waals surface area contributed by atoms with E-state index in [2.05, 4.69) is 15.6 Å². The van der Waals surface area contributed by atoms with Crippen LogP contribution in [0.4, 0.5) is 0 Å². The molecular formula is C25H24N4O3S. The maximum absolute atomic E-state index is 13.1. The molecule has 0 aliphatic carbocycles. The number of pyridine rings is 1. The number of fused-ring (bicyclic) bond motifs is 2. The number of nitrogens with zero attached hydrogens (tertiary/aromatic N) is 2. The van der Waals surface area contributed by atoms with Gasteiger partial charge < -0.3 is 15.5 Å². The number of hydrogen-bond donors (Lipinski definition) is 2. The van der Waals surface area contributed by atoms with Gasteiger partial charge in [-0.3, -0.25) is 19.4 Å². The maximum atomic E-state index is 13.1. The number of amides is 3. The molecule has 2 N–H and O–H groups in total. The van der Waals surface area contributed by atoms with E-state index in [0.29, 0.717) is 36.5 Å². The van der Waals surface area contributed by atoms with Crippen molar-refractivity contribution in [1.82, 2.24) is 20.5 Å². The van der Waals surface area contributed by atoms with Gasteiger partial charge in [0.25, 0.3) is 11.8 Å². The van der Waals surface area contributed by atoms with Gasteiger partial charge in [0.2, 0.25) is 5.91 Å². The van der Waals surface area contributed by atoms with Crippen LogP contribution in [0.2, 0.25) is 0 Å². The van der Waals surface area contributed by atoms with Crippen LogP contribution >= 0.6 is 11.3 Å². The second-order valence-corrected chi connectivity index (χ2v) is 9.32. The lowest BCUT2D eigenvalue weighted by Crippen LogP contribution is -2.38. The SMILES string of the molecule is Cc1ncc2c(c1CNC(=O)c1cccs1)CCN(C(=O)CC1NC(=O)c3ccccc31)C2. The summed E-state index contributed by atoms with van der Waals surface area (Å²) in [4.78, 5) is 44.7. The molecule has 0 saturated heterocycles. The molecule has 5 rings (SSSR count). The Morgan fingerprint density at radius 2 is 2.09 bits per heavy atom. The highest BCUT2D eigenvalue weighted by molar-refractivity contribution is 7.12. The zero-order chi connectivity index (χ0) is 22.9. The zero-order valence-corrected chi connectivity index (χ0v) is 19.1. The second kappa shape index (κ2) is 8.78. The van der Waals surface area contributed by atoms with Crippen LogP contribution in [0.5, 0.6) is 0 Å². The molecule has 4 heterocycles. The number of nitrogens with one attached hydrogen (secondary N) is 2. The van der Waals surface area contributed by atoms with Crippen molar-refractivity contribution in [2.75, 3.05) is 6.54 Å². The van der Waals surface area contributed by atoms with Crippen molar-refractivity contribution < 1.29 is 14.4 Å². The van der Waals surface area contributed by atoms with Crippen LogP contribution in [-0.4, -0.2) is 34.2 Å². The summed E-state index contributed by atoms with van der Waals surface area (Å²) in [7, 11) is 0. The molecule has 0 radical (unpaired) electrons.